The predicted octanol–water partition coefficient (Wildman–Crippen LogP) is 2.37. The molecule has 1 saturated carbocycles. The molecule has 3 unspecified atom stereocenters. The second-order valence-electron chi connectivity index (χ2n) is 4.74. The van der Waals surface area contributed by atoms with Crippen LogP contribution in [0, 0.1) is 0 Å². The maximum Gasteiger partial charge on any atom is 0.216 e. The molecule has 2 aliphatic rings. The Morgan fingerprint density at radius 1 is 1.24 bits per heavy atom. The molecule has 3 nitrogen and oxygen atoms in total. The summed E-state index contributed by atoms with van der Waals surface area (Å²) in [4.78, 5) is 4.63. The molecule has 0 saturated heterocycles. The molecule has 0 amide bonds. The monoisotopic (exact) mass is 250 g/mol. The SMILES string of the molecule is NC1CCC2OC(c3ccc(Cl)cc3)=NC2C1. The van der Waals surface area contributed by atoms with Crippen molar-refractivity contribution in [3.05, 3.63) is 34.9 Å². The number of rotatable bonds is 1. The van der Waals surface area contributed by atoms with Crippen LogP contribution in [0.3, 0.4) is 0 Å². The van der Waals surface area contributed by atoms with E-state index in [1.807, 2.05) is 24.3 Å². The van der Waals surface area contributed by atoms with Crippen molar-refractivity contribution in [2.75, 3.05) is 0 Å². The van der Waals surface area contributed by atoms with Gasteiger partial charge in [0.2, 0.25) is 5.90 Å². The van der Waals surface area contributed by atoms with Gasteiger partial charge in [0.15, 0.2) is 0 Å². The van der Waals surface area contributed by atoms with Crippen LogP contribution in [-0.2, 0) is 4.74 Å². The molecule has 1 aliphatic carbocycles. The predicted molar refractivity (Wildman–Crippen MR) is 68.5 cm³/mol. The Kier molecular flexibility index (Phi) is 2.81. The van der Waals surface area contributed by atoms with E-state index >= 15 is 0 Å². The van der Waals surface area contributed by atoms with Crippen LogP contribution in [0.25, 0.3) is 0 Å². The standard InChI is InChI=1S/C13H15ClN2O/c14-9-3-1-8(2-4-9)13-16-11-7-10(15)5-6-12(11)17-13/h1-4,10-12H,5-7,15H2. The van der Waals surface area contributed by atoms with Crippen LogP contribution in [0.15, 0.2) is 29.3 Å². The second kappa shape index (κ2) is 4.31. The first kappa shape index (κ1) is 11.1. The Morgan fingerprint density at radius 3 is 2.76 bits per heavy atom. The molecule has 90 valence electrons. The number of fused-ring (bicyclic) bond motifs is 1. The minimum absolute atomic E-state index is 0.223. The maximum absolute atomic E-state index is 5.95. The molecule has 0 aromatic heterocycles. The molecule has 1 aromatic carbocycles. The van der Waals surface area contributed by atoms with Crippen LogP contribution in [0.4, 0.5) is 0 Å². The van der Waals surface area contributed by atoms with Gasteiger partial charge < -0.3 is 10.5 Å². The molecular formula is C13H15ClN2O. The zero-order valence-electron chi connectivity index (χ0n) is 9.47. The number of benzene rings is 1. The fourth-order valence-electron chi connectivity index (χ4n) is 2.48. The lowest BCUT2D eigenvalue weighted by molar-refractivity contribution is 0.145. The molecule has 1 heterocycles. The third-order valence-electron chi connectivity index (χ3n) is 3.43. The van der Waals surface area contributed by atoms with Crippen molar-refractivity contribution in [3.63, 3.8) is 0 Å². The molecule has 1 aliphatic heterocycles. The van der Waals surface area contributed by atoms with Crippen molar-refractivity contribution in [2.45, 2.75) is 37.5 Å². The van der Waals surface area contributed by atoms with Crippen molar-refractivity contribution in [1.29, 1.82) is 0 Å². The average molecular weight is 251 g/mol. The Labute approximate surface area is 106 Å². The molecule has 1 fully saturated rings. The van der Waals surface area contributed by atoms with Crippen LogP contribution in [0.1, 0.15) is 24.8 Å². The maximum atomic E-state index is 5.95. The van der Waals surface area contributed by atoms with E-state index in [1.165, 1.54) is 0 Å². The quantitative estimate of drug-likeness (QED) is 0.832. The van der Waals surface area contributed by atoms with E-state index in [1.54, 1.807) is 0 Å². The molecule has 4 heteroatoms. The molecular weight excluding hydrogens is 236 g/mol. The summed E-state index contributed by atoms with van der Waals surface area (Å²) in [6, 6.07) is 8.11. The van der Waals surface area contributed by atoms with Crippen LogP contribution in [0.2, 0.25) is 5.02 Å². The summed E-state index contributed by atoms with van der Waals surface area (Å²) in [6.07, 6.45) is 3.19. The first-order valence-corrected chi connectivity index (χ1v) is 6.36. The molecule has 0 spiro atoms. The molecule has 0 radical (unpaired) electrons. The van der Waals surface area contributed by atoms with E-state index in [4.69, 9.17) is 22.1 Å². The largest absolute Gasteiger partial charge is 0.472 e. The van der Waals surface area contributed by atoms with Crippen LogP contribution >= 0.6 is 11.6 Å². The Hall–Kier alpha value is -1.06. The summed E-state index contributed by atoms with van der Waals surface area (Å²) >= 11 is 5.86. The summed E-state index contributed by atoms with van der Waals surface area (Å²) in [5.74, 6) is 0.741. The number of nitrogens with two attached hydrogens (primary N) is 1. The molecule has 1 aromatic rings. The number of hydrogen-bond acceptors (Lipinski definition) is 3. The van der Waals surface area contributed by atoms with Gasteiger partial charge in [0.05, 0.1) is 6.04 Å². The lowest BCUT2D eigenvalue weighted by Gasteiger charge is -2.26. The molecule has 2 N–H and O–H groups in total. The molecule has 17 heavy (non-hydrogen) atoms. The summed E-state index contributed by atoms with van der Waals surface area (Å²) < 4.78 is 5.89. The fraction of sp³-hybridized carbons (Fsp3) is 0.462. The van der Waals surface area contributed by atoms with Gasteiger partial charge in [0, 0.05) is 16.6 Å². The van der Waals surface area contributed by atoms with E-state index in [0.29, 0.717) is 0 Å². The van der Waals surface area contributed by atoms with E-state index in [2.05, 4.69) is 4.99 Å². The first-order chi connectivity index (χ1) is 8.22. The lowest BCUT2D eigenvalue weighted by Crippen LogP contribution is -2.37. The molecule has 3 atom stereocenters. The van der Waals surface area contributed by atoms with E-state index in [0.717, 1.165) is 35.7 Å². The van der Waals surface area contributed by atoms with E-state index < -0.39 is 0 Å². The zero-order chi connectivity index (χ0) is 11.8. The minimum atomic E-state index is 0.223. The zero-order valence-corrected chi connectivity index (χ0v) is 10.2. The Bertz CT molecular complexity index is 443. The lowest BCUT2D eigenvalue weighted by atomic mass is 9.90. The summed E-state index contributed by atoms with van der Waals surface area (Å²) in [7, 11) is 0. The van der Waals surface area contributed by atoms with Crippen LogP contribution in [0.5, 0.6) is 0 Å². The average Bonchev–Trinajstić information content (AvgIpc) is 2.72. The third kappa shape index (κ3) is 2.17. The highest BCUT2D eigenvalue weighted by Gasteiger charge is 2.36. The third-order valence-corrected chi connectivity index (χ3v) is 3.68. The van der Waals surface area contributed by atoms with E-state index in [-0.39, 0.29) is 18.2 Å². The van der Waals surface area contributed by atoms with Crippen molar-refractivity contribution >= 4 is 17.5 Å². The van der Waals surface area contributed by atoms with Crippen molar-refractivity contribution in [3.8, 4) is 0 Å². The number of aliphatic imine (C=N–C) groups is 1. The summed E-state index contributed by atoms with van der Waals surface area (Å²) in [6.45, 7) is 0. The van der Waals surface area contributed by atoms with Gasteiger partial charge >= 0.3 is 0 Å². The first-order valence-electron chi connectivity index (χ1n) is 5.98. The van der Waals surface area contributed by atoms with Gasteiger partial charge in [-0.05, 0) is 43.5 Å². The molecule has 0 bridgehead atoms. The normalized spacial score (nSPS) is 31.6. The van der Waals surface area contributed by atoms with Gasteiger partial charge in [-0.25, -0.2) is 4.99 Å². The topological polar surface area (TPSA) is 47.6 Å². The van der Waals surface area contributed by atoms with Crippen molar-refractivity contribution < 1.29 is 4.74 Å². The number of ether oxygens (including phenoxy) is 1. The van der Waals surface area contributed by atoms with Crippen molar-refractivity contribution in [2.24, 2.45) is 10.7 Å². The summed E-state index contributed by atoms with van der Waals surface area (Å²) in [5, 5.41) is 0.729. The fourth-order valence-corrected chi connectivity index (χ4v) is 2.61. The van der Waals surface area contributed by atoms with Crippen molar-refractivity contribution in [1.82, 2.24) is 0 Å². The van der Waals surface area contributed by atoms with Gasteiger partial charge in [0.25, 0.3) is 0 Å². The van der Waals surface area contributed by atoms with E-state index in [9.17, 15) is 0 Å². The van der Waals surface area contributed by atoms with Gasteiger partial charge in [-0.2, -0.15) is 0 Å². The second-order valence-corrected chi connectivity index (χ2v) is 5.17. The molecule has 3 rings (SSSR count). The number of nitrogens with zero attached hydrogens (tertiary/aromatic N) is 1. The van der Waals surface area contributed by atoms with Crippen LogP contribution in [-0.4, -0.2) is 24.1 Å². The van der Waals surface area contributed by atoms with Gasteiger partial charge in [0.1, 0.15) is 6.10 Å². The highest BCUT2D eigenvalue weighted by atomic mass is 35.5. The smallest absolute Gasteiger partial charge is 0.216 e. The summed E-state index contributed by atoms with van der Waals surface area (Å²) in [5.41, 5.74) is 6.95. The van der Waals surface area contributed by atoms with Gasteiger partial charge in [-0.1, -0.05) is 11.6 Å². The van der Waals surface area contributed by atoms with Gasteiger partial charge in [-0.3, -0.25) is 0 Å². The highest BCUT2D eigenvalue weighted by molar-refractivity contribution is 6.30. The minimum Gasteiger partial charge on any atom is -0.472 e. The highest BCUT2D eigenvalue weighted by Crippen LogP contribution is 2.29. The van der Waals surface area contributed by atoms with Crippen LogP contribution < -0.4 is 5.73 Å². The Balaban J connectivity index is 1.81. The number of halogens is 1. The van der Waals surface area contributed by atoms with Gasteiger partial charge in [-0.15, -0.1) is 0 Å². The number of hydrogen-bond donors (Lipinski definition) is 1. The Morgan fingerprint density at radius 2 is 2.00 bits per heavy atom.